The third-order valence-electron chi connectivity index (χ3n) is 4.41. The molecule has 5 heteroatoms. The van der Waals surface area contributed by atoms with E-state index >= 15 is 0 Å². The van der Waals surface area contributed by atoms with Gasteiger partial charge < -0.3 is 5.73 Å². The molecule has 1 aliphatic carbocycles. The van der Waals surface area contributed by atoms with Gasteiger partial charge in [-0.2, -0.15) is 0 Å². The highest BCUT2D eigenvalue weighted by Crippen LogP contribution is 2.44. The Morgan fingerprint density at radius 1 is 1.20 bits per heavy atom. The van der Waals surface area contributed by atoms with Gasteiger partial charge >= 0.3 is 0 Å². The van der Waals surface area contributed by atoms with Crippen LogP contribution in [0, 0.1) is 5.41 Å². The van der Waals surface area contributed by atoms with E-state index in [0.29, 0.717) is 6.04 Å². The van der Waals surface area contributed by atoms with E-state index in [1.165, 1.54) is 19.3 Å². The molecule has 5 nitrogen and oxygen atoms in total. The van der Waals surface area contributed by atoms with Gasteiger partial charge in [-0.15, -0.1) is 5.10 Å². The van der Waals surface area contributed by atoms with Crippen LogP contribution in [0.5, 0.6) is 0 Å². The van der Waals surface area contributed by atoms with Crippen LogP contribution in [0.25, 0.3) is 11.4 Å². The van der Waals surface area contributed by atoms with Crippen molar-refractivity contribution < 1.29 is 0 Å². The van der Waals surface area contributed by atoms with E-state index in [9.17, 15) is 0 Å². The van der Waals surface area contributed by atoms with Crippen molar-refractivity contribution in [1.29, 1.82) is 0 Å². The summed E-state index contributed by atoms with van der Waals surface area (Å²) in [5.74, 6) is 0.838. The van der Waals surface area contributed by atoms with Crippen molar-refractivity contribution in [2.45, 2.75) is 45.6 Å². The van der Waals surface area contributed by atoms with Crippen LogP contribution in [0.2, 0.25) is 0 Å². The minimum Gasteiger partial charge on any atom is -0.399 e. The highest BCUT2D eigenvalue weighted by atomic mass is 15.6. The molecule has 2 aromatic rings. The summed E-state index contributed by atoms with van der Waals surface area (Å²) in [6.45, 7) is 4.62. The molecule has 1 aromatic heterocycles. The first-order chi connectivity index (χ1) is 9.58. The van der Waals surface area contributed by atoms with Crippen molar-refractivity contribution in [1.82, 2.24) is 20.2 Å². The Morgan fingerprint density at radius 3 is 2.65 bits per heavy atom. The summed E-state index contributed by atoms with van der Waals surface area (Å²) in [7, 11) is 0. The van der Waals surface area contributed by atoms with Gasteiger partial charge in [0.25, 0.3) is 0 Å². The number of nitrogens with two attached hydrogens (primary N) is 1. The van der Waals surface area contributed by atoms with Crippen LogP contribution in [0.3, 0.4) is 0 Å². The normalized spacial score (nSPS) is 21.8. The summed E-state index contributed by atoms with van der Waals surface area (Å²) in [5, 5.41) is 12.4. The molecule has 0 amide bonds. The van der Waals surface area contributed by atoms with E-state index in [-0.39, 0.29) is 5.41 Å². The second-order valence-electron chi connectivity index (χ2n) is 6.32. The molecule has 106 valence electrons. The van der Waals surface area contributed by atoms with Crippen molar-refractivity contribution >= 4 is 5.69 Å². The van der Waals surface area contributed by atoms with E-state index in [1.807, 2.05) is 28.9 Å². The summed E-state index contributed by atoms with van der Waals surface area (Å²) in [5.41, 5.74) is 7.75. The number of benzene rings is 1. The summed E-state index contributed by atoms with van der Waals surface area (Å²) < 4.78 is 2.00. The van der Waals surface area contributed by atoms with E-state index in [4.69, 9.17) is 5.73 Å². The first-order valence-corrected chi connectivity index (χ1v) is 7.22. The molecule has 1 unspecified atom stereocenters. The molecule has 0 aliphatic heterocycles. The largest absolute Gasteiger partial charge is 0.399 e. The molecule has 1 fully saturated rings. The molecule has 2 N–H and O–H groups in total. The third-order valence-corrected chi connectivity index (χ3v) is 4.41. The van der Waals surface area contributed by atoms with Gasteiger partial charge in [0.2, 0.25) is 0 Å². The lowest BCUT2D eigenvalue weighted by atomic mass is 9.73. The maximum Gasteiger partial charge on any atom is 0.182 e. The topological polar surface area (TPSA) is 69.6 Å². The zero-order valence-corrected chi connectivity index (χ0v) is 12.1. The zero-order valence-electron chi connectivity index (χ0n) is 12.1. The second kappa shape index (κ2) is 4.89. The van der Waals surface area contributed by atoms with Crippen LogP contribution >= 0.6 is 0 Å². The summed E-state index contributed by atoms with van der Waals surface area (Å²) in [6, 6.07) is 8.10. The number of anilines is 1. The van der Waals surface area contributed by atoms with E-state index in [0.717, 1.165) is 23.5 Å². The molecule has 0 bridgehead atoms. The minimum atomic E-state index is 0.232. The first kappa shape index (κ1) is 13.1. The summed E-state index contributed by atoms with van der Waals surface area (Å²) in [6.07, 6.45) is 4.90. The Morgan fingerprint density at radius 2 is 1.95 bits per heavy atom. The standard InChI is InChI=1S/C15H21N5/c1-15(2)10-4-3-5-13(15)20-14(17-18-19-20)11-6-8-12(16)9-7-11/h6-9,13H,3-5,10,16H2,1-2H3. The molecule has 1 atom stereocenters. The fourth-order valence-corrected chi connectivity index (χ4v) is 3.15. The minimum absolute atomic E-state index is 0.232. The quantitative estimate of drug-likeness (QED) is 0.852. The molecule has 1 aliphatic rings. The first-order valence-electron chi connectivity index (χ1n) is 7.22. The van der Waals surface area contributed by atoms with Gasteiger partial charge in [0.1, 0.15) is 0 Å². The van der Waals surface area contributed by atoms with E-state index in [1.54, 1.807) is 0 Å². The average Bonchev–Trinajstić information content (AvgIpc) is 2.88. The van der Waals surface area contributed by atoms with Crippen molar-refractivity contribution in [2.75, 3.05) is 5.73 Å². The smallest absolute Gasteiger partial charge is 0.182 e. The monoisotopic (exact) mass is 271 g/mol. The number of tetrazole rings is 1. The van der Waals surface area contributed by atoms with Crippen molar-refractivity contribution in [3.05, 3.63) is 24.3 Å². The number of nitrogen functional groups attached to an aromatic ring is 1. The number of hydrogen-bond acceptors (Lipinski definition) is 4. The van der Waals surface area contributed by atoms with Gasteiger partial charge in [0.05, 0.1) is 6.04 Å². The fraction of sp³-hybridized carbons (Fsp3) is 0.533. The average molecular weight is 271 g/mol. The molecule has 0 radical (unpaired) electrons. The lowest BCUT2D eigenvalue weighted by molar-refractivity contribution is 0.132. The van der Waals surface area contributed by atoms with Crippen molar-refractivity contribution in [2.24, 2.45) is 5.41 Å². The van der Waals surface area contributed by atoms with Crippen LogP contribution in [-0.2, 0) is 0 Å². The Balaban J connectivity index is 1.99. The number of hydrogen-bond donors (Lipinski definition) is 1. The van der Waals surface area contributed by atoms with Crippen LogP contribution in [0.15, 0.2) is 24.3 Å². The molecule has 3 rings (SSSR count). The van der Waals surface area contributed by atoms with Crippen molar-refractivity contribution in [3.8, 4) is 11.4 Å². The maximum atomic E-state index is 5.75. The van der Waals surface area contributed by atoms with E-state index in [2.05, 4.69) is 29.4 Å². The fourth-order valence-electron chi connectivity index (χ4n) is 3.15. The van der Waals surface area contributed by atoms with Gasteiger partial charge in [0, 0.05) is 11.3 Å². The molecular weight excluding hydrogens is 250 g/mol. The molecule has 1 heterocycles. The Hall–Kier alpha value is -1.91. The molecule has 1 saturated carbocycles. The summed E-state index contributed by atoms with van der Waals surface area (Å²) in [4.78, 5) is 0. The number of aromatic nitrogens is 4. The predicted octanol–water partition coefficient (Wildman–Crippen LogP) is 3.06. The Kier molecular flexibility index (Phi) is 3.20. The Labute approximate surface area is 119 Å². The third kappa shape index (κ3) is 2.28. The maximum absolute atomic E-state index is 5.75. The lowest BCUT2D eigenvalue weighted by Crippen LogP contribution is -2.31. The summed E-state index contributed by atoms with van der Waals surface area (Å²) >= 11 is 0. The highest BCUT2D eigenvalue weighted by molar-refractivity contribution is 5.58. The number of nitrogens with zero attached hydrogens (tertiary/aromatic N) is 4. The molecule has 1 aromatic carbocycles. The van der Waals surface area contributed by atoms with Crippen LogP contribution in [0.4, 0.5) is 5.69 Å². The lowest BCUT2D eigenvalue weighted by Gasteiger charge is -2.38. The molecule has 0 spiro atoms. The molecule has 0 saturated heterocycles. The van der Waals surface area contributed by atoms with Crippen LogP contribution < -0.4 is 5.73 Å². The second-order valence-corrected chi connectivity index (χ2v) is 6.32. The Bertz CT molecular complexity index is 585. The highest BCUT2D eigenvalue weighted by Gasteiger charge is 2.35. The van der Waals surface area contributed by atoms with Crippen LogP contribution in [0.1, 0.15) is 45.6 Å². The zero-order chi connectivity index (χ0) is 14.2. The van der Waals surface area contributed by atoms with Gasteiger partial charge in [-0.1, -0.05) is 26.7 Å². The van der Waals surface area contributed by atoms with Crippen molar-refractivity contribution in [3.63, 3.8) is 0 Å². The predicted molar refractivity (Wildman–Crippen MR) is 79.0 cm³/mol. The van der Waals surface area contributed by atoms with Crippen LogP contribution in [-0.4, -0.2) is 20.2 Å². The molecule has 20 heavy (non-hydrogen) atoms. The van der Waals surface area contributed by atoms with E-state index < -0.39 is 0 Å². The van der Waals surface area contributed by atoms with Gasteiger partial charge in [-0.3, -0.25) is 0 Å². The van der Waals surface area contributed by atoms with Gasteiger partial charge in [-0.05, 0) is 52.9 Å². The van der Waals surface area contributed by atoms with Gasteiger partial charge in [0.15, 0.2) is 5.82 Å². The SMILES string of the molecule is CC1(C)CCCCC1n1nnnc1-c1ccc(N)cc1. The molecular formula is C15H21N5. The number of rotatable bonds is 2. The van der Waals surface area contributed by atoms with Gasteiger partial charge in [-0.25, -0.2) is 4.68 Å².